The molecule has 0 saturated heterocycles. The van der Waals surface area contributed by atoms with E-state index >= 15 is 0 Å². The number of carbonyl (C=O) groups excluding carboxylic acids is 2. The fourth-order valence-electron chi connectivity index (χ4n) is 5.05. The van der Waals surface area contributed by atoms with Gasteiger partial charge in [-0.2, -0.15) is 0 Å². The third-order valence-corrected chi connectivity index (χ3v) is 6.90. The highest BCUT2D eigenvalue weighted by Crippen LogP contribution is 2.64. The Morgan fingerprint density at radius 1 is 1.28 bits per heavy atom. The highest BCUT2D eigenvalue weighted by molar-refractivity contribution is 6.00. The molecule has 2 N–H and O–H groups in total. The minimum Gasteiger partial charge on any atom is -0.371 e. The van der Waals surface area contributed by atoms with Gasteiger partial charge in [-0.25, -0.2) is 13.2 Å². The second kappa shape index (κ2) is 5.53. The fourth-order valence-corrected chi connectivity index (χ4v) is 5.05. The van der Waals surface area contributed by atoms with E-state index in [9.17, 15) is 27.9 Å². The maximum Gasteiger partial charge on any atom is 0.260 e. The first kappa shape index (κ1) is 18.9. The van der Waals surface area contributed by atoms with Gasteiger partial charge >= 0.3 is 0 Å². The first-order chi connectivity index (χ1) is 13.5. The number of aliphatic hydroxyl groups is 1. The molecule has 1 aliphatic heterocycles. The lowest BCUT2D eigenvalue weighted by Gasteiger charge is -2.43. The topological polar surface area (TPSA) is 69.6 Å². The van der Waals surface area contributed by atoms with E-state index in [-0.39, 0.29) is 23.6 Å². The van der Waals surface area contributed by atoms with E-state index in [1.165, 1.54) is 18.2 Å². The summed E-state index contributed by atoms with van der Waals surface area (Å²) in [6, 6.07) is 4.32. The Balaban J connectivity index is 1.41. The third kappa shape index (κ3) is 2.79. The fraction of sp³-hybridized carbons (Fsp3) is 0.619. The first-order valence-corrected chi connectivity index (χ1v) is 10.0. The molecule has 4 aliphatic rings. The van der Waals surface area contributed by atoms with E-state index in [2.05, 4.69) is 5.32 Å². The molecule has 1 spiro atoms. The van der Waals surface area contributed by atoms with Gasteiger partial charge in [-0.05, 0) is 48.8 Å². The van der Waals surface area contributed by atoms with Crippen molar-refractivity contribution in [3.8, 4) is 0 Å². The molecule has 1 aromatic carbocycles. The Hall–Kier alpha value is -2.09. The van der Waals surface area contributed by atoms with Crippen LogP contribution in [0.3, 0.4) is 0 Å². The normalized spacial score (nSPS) is 35.7. The Morgan fingerprint density at radius 3 is 2.48 bits per heavy atom. The van der Waals surface area contributed by atoms with Gasteiger partial charge in [0.15, 0.2) is 0 Å². The third-order valence-electron chi connectivity index (χ3n) is 6.90. The van der Waals surface area contributed by atoms with Crippen LogP contribution >= 0.6 is 0 Å². The molecule has 156 valence electrons. The van der Waals surface area contributed by atoms with Crippen LogP contribution in [-0.2, 0) is 15.9 Å². The summed E-state index contributed by atoms with van der Waals surface area (Å²) >= 11 is 0. The summed E-state index contributed by atoms with van der Waals surface area (Å²) in [6.45, 7) is 1.25. The number of fused-ring (bicyclic) bond motifs is 2. The van der Waals surface area contributed by atoms with Crippen molar-refractivity contribution in [3.63, 3.8) is 0 Å². The number of halogens is 3. The van der Waals surface area contributed by atoms with Gasteiger partial charge in [0.1, 0.15) is 11.4 Å². The number of carbonyl (C=O) groups is 2. The molecule has 8 heteroatoms. The average Bonchev–Trinajstić information content (AvgIpc) is 3.47. The second-order valence-corrected chi connectivity index (χ2v) is 9.44. The molecule has 3 aliphatic carbocycles. The molecular weight excluding hydrogens is 385 g/mol. The summed E-state index contributed by atoms with van der Waals surface area (Å²) in [5.74, 6) is -3.82. The number of amides is 2. The van der Waals surface area contributed by atoms with Crippen LogP contribution in [0.5, 0.6) is 0 Å². The van der Waals surface area contributed by atoms with Gasteiger partial charge in [0.05, 0.1) is 12.0 Å². The predicted molar refractivity (Wildman–Crippen MR) is 97.1 cm³/mol. The summed E-state index contributed by atoms with van der Waals surface area (Å²) < 4.78 is 43.4. The van der Waals surface area contributed by atoms with Crippen LogP contribution in [0.2, 0.25) is 0 Å². The summed E-state index contributed by atoms with van der Waals surface area (Å²) in [5.41, 5.74) is -3.70. The van der Waals surface area contributed by atoms with Gasteiger partial charge in [0.2, 0.25) is 5.91 Å². The van der Waals surface area contributed by atoms with Gasteiger partial charge in [-0.15, -0.1) is 0 Å². The number of nitrogens with one attached hydrogen (secondary N) is 1. The lowest BCUT2D eigenvalue weighted by molar-refractivity contribution is -0.141. The molecule has 1 heterocycles. The number of nitrogens with zero attached hydrogens (tertiary/aromatic N) is 1. The van der Waals surface area contributed by atoms with Crippen molar-refractivity contribution in [1.29, 1.82) is 0 Å². The van der Waals surface area contributed by atoms with Crippen molar-refractivity contribution in [2.45, 2.75) is 61.8 Å². The lowest BCUT2D eigenvalue weighted by atomic mass is 9.78. The van der Waals surface area contributed by atoms with Crippen molar-refractivity contribution >= 4 is 11.8 Å². The van der Waals surface area contributed by atoms with E-state index in [1.54, 1.807) is 0 Å². The number of alkyl halides is 3. The Morgan fingerprint density at radius 2 is 1.93 bits per heavy atom. The van der Waals surface area contributed by atoms with Crippen LogP contribution < -0.4 is 5.32 Å². The van der Waals surface area contributed by atoms with Gasteiger partial charge in [-0.3, -0.25) is 9.59 Å². The smallest absolute Gasteiger partial charge is 0.260 e. The lowest BCUT2D eigenvalue weighted by Crippen LogP contribution is -2.59. The van der Waals surface area contributed by atoms with Crippen LogP contribution in [0.1, 0.15) is 60.5 Å². The van der Waals surface area contributed by atoms with Crippen LogP contribution in [0.4, 0.5) is 13.2 Å². The molecule has 0 aromatic heterocycles. The van der Waals surface area contributed by atoms with Gasteiger partial charge in [0, 0.05) is 18.5 Å². The Labute approximate surface area is 166 Å². The van der Waals surface area contributed by atoms with E-state index in [4.69, 9.17) is 0 Å². The van der Waals surface area contributed by atoms with E-state index in [0.29, 0.717) is 31.2 Å². The number of benzene rings is 1. The van der Waals surface area contributed by atoms with E-state index < -0.39 is 47.5 Å². The largest absolute Gasteiger partial charge is 0.371 e. The zero-order chi connectivity index (χ0) is 20.8. The van der Waals surface area contributed by atoms with Gasteiger partial charge in [0.25, 0.3) is 11.8 Å². The van der Waals surface area contributed by atoms with Crippen LogP contribution in [0.25, 0.3) is 0 Å². The zero-order valence-corrected chi connectivity index (χ0v) is 16.1. The predicted octanol–water partition coefficient (Wildman–Crippen LogP) is 2.61. The zero-order valence-electron chi connectivity index (χ0n) is 16.1. The Kier molecular flexibility index (Phi) is 3.61. The number of rotatable bonds is 4. The molecular formula is C21H23F3N2O3. The summed E-state index contributed by atoms with van der Waals surface area (Å²) in [6.07, 6.45) is 1.13. The standard InChI is InChI=1S/C21H23F3N2O3/c1-12-7-20(29,8-12)25-16(27)9-26-11-18(10-21(18,23)24)15-6-13(19(22)4-5-19)2-3-14(15)17(26)28/h2-3,6,12,29H,4-5,7-11H2,1H3,(H,25,27). The minimum absolute atomic E-state index is 0.102. The van der Waals surface area contributed by atoms with Gasteiger partial charge < -0.3 is 15.3 Å². The van der Waals surface area contributed by atoms with Crippen molar-refractivity contribution in [1.82, 2.24) is 10.2 Å². The average molecular weight is 408 g/mol. The van der Waals surface area contributed by atoms with Crippen molar-refractivity contribution in [3.05, 3.63) is 34.9 Å². The van der Waals surface area contributed by atoms with Crippen LogP contribution in [-0.4, -0.2) is 46.6 Å². The molecule has 3 saturated carbocycles. The quantitative estimate of drug-likeness (QED) is 0.753. The monoisotopic (exact) mass is 408 g/mol. The molecule has 5 nitrogen and oxygen atoms in total. The van der Waals surface area contributed by atoms with Crippen molar-refractivity contribution in [2.75, 3.05) is 13.1 Å². The molecule has 3 fully saturated rings. The maximum absolute atomic E-state index is 14.5. The summed E-state index contributed by atoms with van der Waals surface area (Å²) in [5, 5.41) is 12.7. The first-order valence-electron chi connectivity index (χ1n) is 10.0. The molecule has 29 heavy (non-hydrogen) atoms. The highest BCUT2D eigenvalue weighted by Gasteiger charge is 2.74. The molecule has 1 unspecified atom stereocenters. The van der Waals surface area contributed by atoms with E-state index in [0.717, 1.165) is 4.90 Å². The molecule has 0 bridgehead atoms. The maximum atomic E-state index is 14.5. The SMILES string of the molecule is CC1CC(O)(NC(=O)CN2CC3(CC3(F)F)c3cc(C4(F)CC4)ccc3C2=O)C1. The Bertz CT molecular complexity index is 924. The molecule has 2 amide bonds. The second-order valence-electron chi connectivity index (χ2n) is 9.44. The van der Waals surface area contributed by atoms with Crippen molar-refractivity contribution in [2.24, 2.45) is 5.92 Å². The molecule has 1 atom stereocenters. The minimum atomic E-state index is -3.01. The summed E-state index contributed by atoms with van der Waals surface area (Å²) in [4.78, 5) is 26.4. The number of hydrogen-bond acceptors (Lipinski definition) is 3. The highest BCUT2D eigenvalue weighted by atomic mass is 19.3. The molecule has 0 radical (unpaired) electrons. The van der Waals surface area contributed by atoms with Crippen LogP contribution in [0, 0.1) is 5.92 Å². The summed E-state index contributed by atoms with van der Waals surface area (Å²) in [7, 11) is 0. The van der Waals surface area contributed by atoms with Crippen LogP contribution in [0.15, 0.2) is 18.2 Å². The molecule has 5 rings (SSSR count). The van der Waals surface area contributed by atoms with Gasteiger partial charge in [-0.1, -0.05) is 19.1 Å². The molecule has 1 aromatic rings. The van der Waals surface area contributed by atoms with E-state index in [1.807, 2.05) is 6.92 Å². The van der Waals surface area contributed by atoms with Crippen molar-refractivity contribution < 1.29 is 27.9 Å². The number of hydrogen-bond donors (Lipinski definition) is 2.